The van der Waals surface area contributed by atoms with Crippen molar-refractivity contribution in [1.29, 1.82) is 5.26 Å². The van der Waals surface area contributed by atoms with Crippen molar-refractivity contribution in [2.45, 2.75) is 6.61 Å². The van der Waals surface area contributed by atoms with E-state index in [9.17, 15) is 5.11 Å². The van der Waals surface area contributed by atoms with Crippen molar-refractivity contribution in [1.82, 2.24) is 0 Å². The summed E-state index contributed by atoms with van der Waals surface area (Å²) in [6.45, 7) is -0.00408. The normalized spacial score (nSPS) is 9.23. The molecule has 3 rings (SSSR count). The van der Waals surface area contributed by atoms with Crippen LogP contribution in [0.4, 0.5) is 0 Å². The van der Waals surface area contributed by atoms with Crippen LogP contribution in [0.1, 0.15) is 33.4 Å². The molecule has 2 heteroatoms. The molecule has 0 aliphatic rings. The number of hydrogen-bond donors (Lipinski definition) is 1. The lowest BCUT2D eigenvalue weighted by Gasteiger charge is -1.98. The van der Waals surface area contributed by atoms with E-state index < -0.39 is 0 Å². The first-order chi connectivity index (χ1) is 12.8. The third kappa shape index (κ3) is 4.19. The van der Waals surface area contributed by atoms with Crippen LogP contribution in [0.2, 0.25) is 0 Å². The van der Waals surface area contributed by atoms with Crippen molar-refractivity contribution >= 4 is 0 Å². The Morgan fingerprint density at radius 3 is 1.77 bits per heavy atom. The van der Waals surface area contributed by atoms with Crippen LogP contribution in [0.25, 0.3) is 0 Å². The van der Waals surface area contributed by atoms with Gasteiger partial charge >= 0.3 is 0 Å². The lowest BCUT2D eigenvalue weighted by Crippen LogP contribution is -1.86. The van der Waals surface area contributed by atoms with Crippen LogP contribution in [-0.4, -0.2) is 5.11 Å². The van der Waals surface area contributed by atoms with Gasteiger partial charge < -0.3 is 5.11 Å². The molecular formula is C24H15NO. The second-order valence-corrected chi connectivity index (χ2v) is 5.56. The fourth-order valence-corrected chi connectivity index (χ4v) is 2.41. The van der Waals surface area contributed by atoms with Crippen molar-refractivity contribution in [3.63, 3.8) is 0 Å². The van der Waals surface area contributed by atoms with E-state index in [2.05, 4.69) is 29.8 Å². The van der Waals surface area contributed by atoms with Crippen LogP contribution in [0, 0.1) is 35.0 Å². The van der Waals surface area contributed by atoms with Gasteiger partial charge in [-0.2, -0.15) is 5.26 Å². The maximum atomic E-state index is 9.22. The maximum Gasteiger partial charge on any atom is 0.100 e. The minimum Gasteiger partial charge on any atom is -0.392 e. The average molecular weight is 333 g/mol. The number of nitriles is 1. The van der Waals surface area contributed by atoms with Gasteiger partial charge in [0.2, 0.25) is 0 Å². The molecule has 3 aromatic rings. The van der Waals surface area contributed by atoms with Crippen molar-refractivity contribution < 1.29 is 5.11 Å². The summed E-state index contributed by atoms with van der Waals surface area (Å²) in [6, 6.07) is 24.6. The van der Waals surface area contributed by atoms with Gasteiger partial charge in [-0.05, 0) is 42.0 Å². The Labute approximate surface area is 153 Å². The molecule has 0 amide bonds. The maximum absolute atomic E-state index is 9.22. The van der Waals surface area contributed by atoms with E-state index in [1.165, 1.54) is 0 Å². The van der Waals surface area contributed by atoms with Crippen LogP contribution in [0.5, 0.6) is 0 Å². The Balaban J connectivity index is 1.95. The number of aliphatic hydroxyl groups excluding tert-OH is 1. The molecule has 0 unspecified atom stereocenters. The first kappa shape index (κ1) is 17.1. The molecule has 2 nitrogen and oxygen atoms in total. The SMILES string of the molecule is N#Cc1ccccc1C#Cc1ccccc1C#Cc1cccc(CO)c1. The molecule has 1 N–H and O–H groups in total. The van der Waals surface area contributed by atoms with Crippen LogP contribution < -0.4 is 0 Å². The molecule has 122 valence electrons. The number of nitrogens with zero attached hydrogens (tertiary/aromatic N) is 1. The summed E-state index contributed by atoms with van der Waals surface area (Å²) in [5, 5.41) is 18.4. The summed E-state index contributed by atoms with van der Waals surface area (Å²) in [5.41, 5.74) is 4.57. The second kappa shape index (κ2) is 8.36. The first-order valence-electron chi connectivity index (χ1n) is 8.12. The lowest BCUT2D eigenvalue weighted by molar-refractivity contribution is 0.282. The highest BCUT2D eigenvalue weighted by atomic mass is 16.3. The van der Waals surface area contributed by atoms with Gasteiger partial charge in [0.15, 0.2) is 0 Å². The van der Waals surface area contributed by atoms with Gasteiger partial charge in [-0.15, -0.1) is 0 Å². The number of hydrogen-bond acceptors (Lipinski definition) is 2. The van der Waals surface area contributed by atoms with Gasteiger partial charge in [0.05, 0.1) is 12.2 Å². The molecule has 26 heavy (non-hydrogen) atoms. The van der Waals surface area contributed by atoms with E-state index in [4.69, 9.17) is 5.26 Å². The van der Waals surface area contributed by atoms with Crippen molar-refractivity contribution in [2.24, 2.45) is 0 Å². The molecule has 0 heterocycles. The smallest absolute Gasteiger partial charge is 0.100 e. The molecule has 0 saturated heterocycles. The van der Waals surface area contributed by atoms with Gasteiger partial charge in [-0.1, -0.05) is 60.1 Å². The summed E-state index contributed by atoms with van der Waals surface area (Å²) >= 11 is 0. The van der Waals surface area contributed by atoms with Gasteiger partial charge in [-0.3, -0.25) is 0 Å². The average Bonchev–Trinajstić information content (AvgIpc) is 2.71. The summed E-state index contributed by atoms with van der Waals surface area (Å²) in [4.78, 5) is 0. The molecule has 0 bridgehead atoms. The van der Waals surface area contributed by atoms with Gasteiger partial charge in [-0.25, -0.2) is 0 Å². The Morgan fingerprint density at radius 2 is 1.19 bits per heavy atom. The Hall–Kier alpha value is -3.77. The number of benzene rings is 3. The highest BCUT2D eigenvalue weighted by Gasteiger charge is 1.98. The largest absolute Gasteiger partial charge is 0.392 e. The Bertz CT molecular complexity index is 1100. The minimum atomic E-state index is -0.00408. The molecule has 0 aliphatic carbocycles. The second-order valence-electron chi connectivity index (χ2n) is 5.56. The van der Waals surface area contributed by atoms with Crippen LogP contribution >= 0.6 is 0 Å². The highest BCUT2D eigenvalue weighted by Crippen LogP contribution is 2.10. The predicted octanol–water partition coefficient (Wildman–Crippen LogP) is 3.85. The van der Waals surface area contributed by atoms with Crippen molar-refractivity contribution in [2.75, 3.05) is 0 Å². The molecular weight excluding hydrogens is 318 g/mol. The molecule has 0 atom stereocenters. The molecule has 0 saturated carbocycles. The lowest BCUT2D eigenvalue weighted by atomic mass is 10.1. The monoisotopic (exact) mass is 333 g/mol. The van der Waals surface area contributed by atoms with Crippen molar-refractivity contribution in [3.8, 4) is 29.8 Å². The minimum absolute atomic E-state index is 0.00408. The van der Waals surface area contributed by atoms with E-state index in [0.717, 1.165) is 22.3 Å². The summed E-state index contributed by atoms with van der Waals surface area (Å²) < 4.78 is 0. The van der Waals surface area contributed by atoms with Gasteiger partial charge in [0.1, 0.15) is 6.07 Å². The molecule has 0 fully saturated rings. The fourth-order valence-electron chi connectivity index (χ4n) is 2.41. The molecule has 3 aromatic carbocycles. The zero-order valence-corrected chi connectivity index (χ0v) is 14.0. The van der Waals surface area contributed by atoms with E-state index in [1.807, 2.05) is 66.7 Å². The van der Waals surface area contributed by atoms with E-state index in [1.54, 1.807) is 6.07 Å². The molecule has 0 aromatic heterocycles. The molecule has 0 radical (unpaired) electrons. The quantitative estimate of drug-likeness (QED) is 0.688. The van der Waals surface area contributed by atoms with Crippen LogP contribution in [-0.2, 0) is 6.61 Å². The standard InChI is InChI=1S/C24H15NO/c25-17-24-11-4-3-10-23(24)15-14-22-9-2-1-8-21(22)13-12-19-6-5-7-20(16-19)18-26/h1-11,16,26H,18H2. The van der Waals surface area contributed by atoms with Crippen LogP contribution in [0.3, 0.4) is 0 Å². The van der Waals surface area contributed by atoms with Crippen LogP contribution in [0.15, 0.2) is 72.8 Å². The fraction of sp³-hybridized carbons (Fsp3) is 0.0417. The summed E-state index contributed by atoms with van der Waals surface area (Å²) in [7, 11) is 0. The molecule has 0 spiro atoms. The highest BCUT2D eigenvalue weighted by molar-refractivity contribution is 5.56. The zero-order valence-electron chi connectivity index (χ0n) is 14.0. The summed E-state index contributed by atoms with van der Waals surface area (Å²) in [5.74, 6) is 12.4. The number of aliphatic hydroxyl groups is 1. The summed E-state index contributed by atoms with van der Waals surface area (Å²) in [6.07, 6.45) is 0. The van der Waals surface area contributed by atoms with E-state index >= 15 is 0 Å². The topological polar surface area (TPSA) is 44.0 Å². The number of rotatable bonds is 1. The molecule has 0 aliphatic heterocycles. The van der Waals surface area contributed by atoms with Gasteiger partial charge in [0, 0.05) is 22.3 Å². The Morgan fingerprint density at radius 1 is 0.654 bits per heavy atom. The Kier molecular flexibility index (Phi) is 5.49. The third-order valence-corrected chi connectivity index (χ3v) is 3.76. The zero-order chi connectivity index (χ0) is 18.2. The van der Waals surface area contributed by atoms with Crippen molar-refractivity contribution in [3.05, 3.63) is 106 Å². The van der Waals surface area contributed by atoms with E-state index in [0.29, 0.717) is 11.1 Å². The first-order valence-corrected chi connectivity index (χ1v) is 8.12. The predicted molar refractivity (Wildman–Crippen MR) is 102 cm³/mol. The van der Waals surface area contributed by atoms with E-state index in [-0.39, 0.29) is 6.61 Å². The van der Waals surface area contributed by atoms with Gasteiger partial charge in [0.25, 0.3) is 0 Å². The third-order valence-electron chi connectivity index (χ3n) is 3.76.